The Morgan fingerprint density at radius 1 is 1.42 bits per heavy atom. The molecule has 0 spiro atoms. The minimum absolute atomic E-state index is 0.245. The molecule has 132 valence electrons. The number of aliphatic carboxylic acids is 1. The first kappa shape index (κ1) is 18.0. The molecule has 0 saturated carbocycles. The van der Waals surface area contributed by atoms with Crippen LogP contribution in [0.15, 0.2) is 18.5 Å². The molecule has 9 heteroatoms. The molecule has 24 heavy (non-hydrogen) atoms. The SMILES string of the molecule is Cc1cnccc1CCNC(=O)N1C[C@@H](C(F)(F)F)[C@H](C(=O)O)C1. The van der Waals surface area contributed by atoms with Gasteiger partial charge in [-0.15, -0.1) is 0 Å². The van der Waals surface area contributed by atoms with Crippen molar-refractivity contribution < 1.29 is 27.9 Å². The van der Waals surface area contributed by atoms with Crippen molar-refractivity contribution in [3.8, 4) is 0 Å². The number of hydrogen-bond acceptors (Lipinski definition) is 3. The highest BCUT2D eigenvalue weighted by atomic mass is 19.4. The normalized spacial score (nSPS) is 20.9. The summed E-state index contributed by atoms with van der Waals surface area (Å²) in [7, 11) is 0. The Kier molecular flexibility index (Phi) is 5.30. The summed E-state index contributed by atoms with van der Waals surface area (Å²) in [4.78, 5) is 27.9. The number of carbonyl (C=O) groups excluding carboxylic acids is 1. The highest BCUT2D eigenvalue weighted by molar-refractivity contribution is 5.77. The Balaban J connectivity index is 1.91. The first-order valence-electron chi connectivity index (χ1n) is 7.42. The summed E-state index contributed by atoms with van der Waals surface area (Å²) in [6.07, 6.45) is -0.829. The van der Waals surface area contributed by atoms with E-state index in [1.807, 2.05) is 6.92 Å². The number of pyridine rings is 1. The van der Waals surface area contributed by atoms with E-state index in [9.17, 15) is 22.8 Å². The highest BCUT2D eigenvalue weighted by Gasteiger charge is 2.53. The number of nitrogens with one attached hydrogen (secondary N) is 1. The van der Waals surface area contributed by atoms with Gasteiger partial charge in [0, 0.05) is 32.0 Å². The van der Waals surface area contributed by atoms with Crippen LogP contribution in [0.25, 0.3) is 0 Å². The molecule has 1 aliphatic rings. The molecule has 0 radical (unpaired) electrons. The van der Waals surface area contributed by atoms with Gasteiger partial charge in [0.25, 0.3) is 0 Å². The number of urea groups is 1. The maximum absolute atomic E-state index is 12.9. The van der Waals surface area contributed by atoms with Gasteiger partial charge in [0.1, 0.15) is 0 Å². The highest BCUT2D eigenvalue weighted by Crippen LogP contribution is 2.37. The molecule has 1 aromatic heterocycles. The lowest BCUT2D eigenvalue weighted by Gasteiger charge is -2.18. The van der Waals surface area contributed by atoms with Gasteiger partial charge in [-0.2, -0.15) is 13.2 Å². The van der Waals surface area contributed by atoms with Crippen molar-refractivity contribution in [3.63, 3.8) is 0 Å². The van der Waals surface area contributed by atoms with Crippen LogP contribution in [0.1, 0.15) is 11.1 Å². The van der Waals surface area contributed by atoms with Crippen LogP contribution >= 0.6 is 0 Å². The van der Waals surface area contributed by atoms with E-state index in [1.165, 1.54) is 0 Å². The standard InChI is InChI=1S/C15H18F3N3O3/c1-9-6-19-4-2-10(9)3-5-20-14(24)21-7-11(13(22)23)12(8-21)15(16,17)18/h2,4,6,11-12H,3,5,7-8H2,1H3,(H,20,24)(H,22,23)/t11-,12-/m1/s1. The summed E-state index contributed by atoms with van der Waals surface area (Å²) < 4.78 is 38.7. The average Bonchev–Trinajstić information content (AvgIpc) is 2.95. The third kappa shape index (κ3) is 4.15. The quantitative estimate of drug-likeness (QED) is 0.872. The van der Waals surface area contributed by atoms with Crippen molar-refractivity contribution in [1.82, 2.24) is 15.2 Å². The van der Waals surface area contributed by atoms with Crippen LogP contribution in [0.5, 0.6) is 0 Å². The van der Waals surface area contributed by atoms with Crippen molar-refractivity contribution in [2.24, 2.45) is 11.8 Å². The monoisotopic (exact) mass is 345 g/mol. The molecule has 0 aliphatic carbocycles. The second kappa shape index (κ2) is 7.06. The number of carboxylic acids is 1. The van der Waals surface area contributed by atoms with E-state index in [0.717, 1.165) is 16.0 Å². The van der Waals surface area contributed by atoms with Crippen LogP contribution in [-0.2, 0) is 11.2 Å². The third-order valence-electron chi connectivity index (χ3n) is 4.15. The molecule has 1 saturated heterocycles. The lowest BCUT2D eigenvalue weighted by Crippen LogP contribution is -2.40. The van der Waals surface area contributed by atoms with Crippen LogP contribution in [0.3, 0.4) is 0 Å². The second-order valence-electron chi connectivity index (χ2n) is 5.78. The molecule has 6 nitrogen and oxygen atoms in total. The van der Waals surface area contributed by atoms with Gasteiger partial charge in [0.15, 0.2) is 0 Å². The van der Waals surface area contributed by atoms with Crippen LogP contribution < -0.4 is 5.32 Å². The number of aromatic nitrogens is 1. The molecular weight excluding hydrogens is 327 g/mol. The number of alkyl halides is 3. The molecule has 1 aliphatic heterocycles. The summed E-state index contributed by atoms with van der Waals surface area (Å²) >= 11 is 0. The maximum Gasteiger partial charge on any atom is 0.394 e. The minimum atomic E-state index is -4.65. The molecule has 0 bridgehead atoms. The smallest absolute Gasteiger partial charge is 0.394 e. The number of nitrogens with zero attached hydrogens (tertiary/aromatic N) is 2. The van der Waals surface area contributed by atoms with Crippen LogP contribution in [-0.4, -0.2) is 52.8 Å². The third-order valence-corrected chi connectivity index (χ3v) is 4.15. The molecular formula is C15H18F3N3O3. The molecule has 1 aromatic rings. The Morgan fingerprint density at radius 2 is 2.12 bits per heavy atom. The predicted molar refractivity (Wildman–Crippen MR) is 78.3 cm³/mol. The van der Waals surface area contributed by atoms with Gasteiger partial charge < -0.3 is 15.3 Å². The summed E-state index contributed by atoms with van der Waals surface area (Å²) in [5.74, 6) is -5.21. The van der Waals surface area contributed by atoms with Gasteiger partial charge in [-0.05, 0) is 30.5 Å². The van der Waals surface area contributed by atoms with Gasteiger partial charge in [-0.25, -0.2) is 4.79 Å². The number of rotatable bonds is 4. The molecule has 2 N–H and O–H groups in total. The van der Waals surface area contributed by atoms with E-state index in [2.05, 4.69) is 10.3 Å². The van der Waals surface area contributed by atoms with Crippen LogP contribution in [0.4, 0.5) is 18.0 Å². The first-order valence-corrected chi connectivity index (χ1v) is 7.42. The molecule has 2 amide bonds. The van der Waals surface area contributed by atoms with Gasteiger partial charge in [-0.3, -0.25) is 9.78 Å². The molecule has 2 heterocycles. The first-order chi connectivity index (χ1) is 11.2. The van der Waals surface area contributed by atoms with Gasteiger partial charge in [-0.1, -0.05) is 0 Å². The van der Waals surface area contributed by atoms with Gasteiger partial charge in [0.05, 0.1) is 11.8 Å². The number of halogens is 3. The number of amides is 2. The number of carboxylic acid groups (broad SMARTS) is 1. The van der Waals surface area contributed by atoms with E-state index in [1.54, 1.807) is 18.5 Å². The van der Waals surface area contributed by atoms with Crippen molar-refractivity contribution >= 4 is 12.0 Å². The Morgan fingerprint density at radius 3 is 2.67 bits per heavy atom. The molecule has 0 unspecified atom stereocenters. The Labute approximate surface area is 136 Å². The van der Waals surface area contributed by atoms with E-state index in [4.69, 9.17) is 5.11 Å². The number of carbonyl (C=O) groups is 2. The predicted octanol–water partition coefficient (Wildman–Crippen LogP) is 1.84. The lowest BCUT2D eigenvalue weighted by molar-refractivity contribution is -0.187. The fraction of sp³-hybridized carbons (Fsp3) is 0.533. The summed E-state index contributed by atoms with van der Waals surface area (Å²) in [5.41, 5.74) is 1.93. The van der Waals surface area contributed by atoms with Crippen LogP contribution in [0, 0.1) is 18.8 Å². The van der Waals surface area contributed by atoms with E-state index >= 15 is 0 Å². The molecule has 2 rings (SSSR count). The van der Waals surface area contributed by atoms with E-state index in [0.29, 0.717) is 6.42 Å². The largest absolute Gasteiger partial charge is 0.481 e. The number of hydrogen-bond donors (Lipinski definition) is 2. The second-order valence-corrected chi connectivity index (χ2v) is 5.78. The van der Waals surface area contributed by atoms with E-state index in [-0.39, 0.29) is 6.54 Å². The summed E-state index contributed by atoms with van der Waals surface area (Å²) in [6, 6.07) is 1.12. The van der Waals surface area contributed by atoms with Crippen molar-refractivity contribution in [1.29, 1.82) is 0 Å². The van der Waals surface area contributed by atoms with Gasteiger partial charge in [0.2, 0.25) is 0 Å². The Bertz CT molecular complexity index is 621. The topological polar surface area (TPSA) is 82.5 Å². The van der Waals surface area contributed by atoms with Crippen molar-refractivity contribution in [2.45, 2.75) is 19.5 Å². The maximum atomic E-state index is 12.9. The Hall–Kier alpha value is -2.32. The summed E-state index contributed by atoms with van der Waals surface area (Å²) in [5, 5.41) is 11.5. The lowest BCUT2D eigenvalue weighted by atomic mass is 9.96. The fourth-order valence-electron chi connectivity index (χ4n) is 2.75. The fourth-order valence-corrected chi connectivity index (χ4v) is 2.75. The zero-order chi connectivity index (χ0) is 17.9. The van der Waals surface area contributed by atoms with Crippen molar-refractivity contribution in [3.05, 3.63) is 29.6 Å². The zero-order valence-corrected chi connectivity index (χ0v) is 13.0. The van der Waals surface area contributed by atoms with Gasteiger partial charge >= 0.3 is 18.2 Å². The van der Waals surface area contributed by atoms with Crippen molar-refractivity contribution in [2.75, 3.05) is 19.6 Å². The number of aryl methyl sites for hydroxylation is 1. The molecule has 2 atom stereocenters. The summed E-state index contributed by atoms with van der Waals surface area (Å²) in [6.45, 7) is 1.03. The van der Waals surface area contributed by atoms with Crippen LogP contribution in [0.2, 0.25) is 0 Å². The molecule has 0 aromatic carbocycles. The van der Waals surface area contributed by atoms with E-state index < -0.39 is 43.1 Å². The minimum Gasteiger partial charge on any atom is -0.481 e. The number of likely N-dealkylation sites (tertiary alicyclic amines) is 1. The molecule has 1 fully saturated rings. The average molecular weight is 345 g/mol. The zero-order valence-electron chi connectivity index (χ0n) is 13.0.